The maximum absolute atomic E-state index is 9.11. The Kier molecular flexibility index (Phi) is 5.53. The lowest BCUT2D eigenvalue weighted by Gasteiger charge is -2.20. The van der Waals surface area contributed by atoms with Gasteiger partial charge in [-0.15, -0.1) is 11.3 Å². The fourth-order valence-electron chi connectivity index (χ4n) is 1.94. The number of rotatable bonds is 8. The van der Waals surface area contributed by atoms with E-state index in [1.54, 1.807) is 18.4 Å². The Labute approximate surface area is 116 Å². The molecule has 0 unspecified atom stereocenters. The molecule has 104 valence electrons. The molecule has 0 aliphatic rings. The van der Waals surface area contributed by atoms with Crippen molar-refractivity contribution in [1.82, 2.24) is 15.1 Å². The van der Waals surface area contributed by atoms with E-state index in [0.29, 0.717) is 13.2 Å². The minimum absolute atomic E-state index is 0.149. The number of aliphatic hydroxyl groups excluding tert-OH is 1. The van der Waals surface area contributed by atoms with Gasteiger partial charge in [-0.1, -0.05) is 6.07 Å². The van der Waals surface area contributed by atoms with Crippen LogP contribution in [0.5, 0.6) is 0 Å². The number of aromatic nitrogens is 2. The minimum Gasteiger partial charge on any atom is -0.395 e. The number of methoxy groups -OCH3 is 1. The zero-order valence-electron chi connectivity index (χ0n) is 11.0. The molecule has 2 aromatic rings. The summed E-state index contributed by atoms with van der Waals surface area (Å²) in [5, 5.41) is 18.4. The van der Waals surface area contributed by atoms with Crippen LogP contribution >= 0.6 is 11.3 Å². The number of aromatic amines is 1. The van der Waals surface area contributed by atoms with Crippen LogP contribution < -0.4 is 0 Å². The van der Waals surface area contributed by atoms with Crippen molar-refractivity contribution in [2.24, 2.45) is 0 Å². The largest absolute Gasteiger partial charge is 0.395 e. The van der Waals surface area contributed by atoms with E-state index in [4.69, 9.17) is 9.84 Å². The van der Waals surface area contributed by atoms with Crippen LogP contribution in [0, 0.1) is 0 Å². The third kappa shape index (κ3) is 3.87. The van der Waals surface area contributed by atoms with Gasteiger partial charge in [0.1, 0.15) is 0 Å². The van der Waals surface area contributed by atoms with Crippen LogP contribution in [0.2, 0.25) is 0 Å². The lowest BCUT2D eigenvalue weighted by atomic mass is 10.2. The Balaban J connectivity index is 2.06. The van der Waals surface area contributed by atoms with Crippen LogP contribution in [-0.2, 0) is 11.3 Å². The Morgan fingerprint density at radius 1 is 1.47 bits per heavy atom. The quantitative estimate of drug-likeness (QED) is 0.771. The molecule has 6 heteroatoms. The van der Waals surface area contributed by atoms with Gasteiger partial charge >= 0.3 is 0 Å². The second kappa shape index (κ2) is 7.40. The normalized spacial score (nSPS) is 11.3. The third-order valence-electron chi connectivity index (χ3n) is 2.91. The molecule has 0 bridgehead atoms. The summed E-state index contributed by atoms with van der Waals surface area (Å²) < 4.78 is 5.10. The second-order valence-electron chi connectivity index (χ2n) is 4.24. The highest BCUT2D eigenvalue weighted by atomic mass is 32.1. The van der Waals surface area contributed by atoms with Crippen LogP contribution in [0.4, 0.5) is 0 Å². The van der Waals surface area contributed by atoms with Gasteiger partial charge < -0.3 is 9.84 Å². The minimum atomic E-state index is 0.149. The standard InChI is InChI=1S/C13H19N3O2S/c1-18-7-5-16(4-6-17)10-11-9-14-15-13(11)12-3-2-8-19-12/h2-3,8-9,17H,4-7,10H2,1H3,(H,14,15). The molecule has 0 aliphatic heterocycles. The Hall–Kier alpha value is -1.21. The van der Waals surface area contributed by atoms with Crippen LogP contribution in [0.25, 0.3) is 10.6 Å². The lowest BCUT2D eigenvalue weighted by molar-refractivity contribution is 0.127. The highest BCUT2D eigenvalue weighted by Crippen LogP contribution is 2.26. The Bertz CT molecular complexity index is 470. The van der Waals surface area contributed by atoms with E-state index in [1.807, 2.05) is 12.3 Å². The predicted molar refractivity (Wildman–Crippen MR) is 76.1 cm³/mol. The van der Waals surface area contributed by atoms with E-state index < -0.39 is 0 Å². The van der Waals surface area contributed by atoms with Gasteiger partial charge in [-0.2, -0.15) is 5.10 Å². The average Bonchev–Trinajstić information content (AvgIpc) is 3.06. The highest BCUT2D eigenvalue weighted by Gasteiger charge is 2.12. The van der Waals surface area contributed by atoms with Crippen molar-refractivity contribution in [3.05, 3.63) is 29.3 Å². The number of hydrogen-bond donors (Lipinski definition) is 2. The first-order chi connectivity index (χ1) is 9.35. The SMILES string of the molecule is COCCN(CCO)Cc1cn[nH]c1-c1cccs1. The molecule has 0 atom stereocenters. The molecule has 0 spiro atoms. The molecule has 2 aromatic heterocycles. The summed E-state index contributed by atoms with van der Waals surface area (Å²) in [4.78, 5) is 3.34. The van der Waals surface area contributed by atoms with Gasteiger partial charge in [-0.25, -0.2) is 0 Å². The summed E-state index contributed by atoms with van der Waals surface area (Å²) >= 11 is 1.69. The first-order valence-corrected chi connectivity index (χ1v) is 7.11. The number of nitrogens with zero attached hydrogens (tertiary/aromatic N) is 2. The summed E-state index contributed by atoms with van der Waals surface area (Å²) in [6.45, 7) is 3.00. The Morgan fingerprint density at radius 3 is 3.05 bits per heavy atom. The topological polar surface area (TPSA) is 61.4 Å². The van der Waals surface area contributed by atoms with E-state index >= 15 is 0 Å². The predicted octanol–water partition coefficient (Wildman–Crippen LogP) is 1.58. The molecule has 2 rings (SSSR count). The maximum atomic E-state index is 9.11. The van der Waals surface area contributed by atoms with Crippen molar-refractivity contribution in [3.8, 4) is 10.6 Å². The second-order valence-corrected chi connectivity index (χ2v) is 5.19. The zero-order chi connectivity index (χ0) is 13.5. The van der Waals surface area contributed by atoms with Crippen LogP contribution in [0.15, 0.2) is 23.7 Å². The molecule has 2 heterocycles. The third-order valence-corrected chi connectivity index (χ3v) is 3.79. The molecule has 0 saturated carbocycles. The van der Waals surface area contributed by atoms with Crippen molar-refractivity contribution < 1.29 is 9.84 Å². The van der Waals surface area contributed by atoms with E-state index in [0.717, 1.165) is 24.3 Å². The van der Waals surface area contributed by atoms with Crippen molar-refractivity contribution in [2.45, 2.75) is 6.54 Å². The highest BCUT2D eigenvalue weighted by molar-refractivity contribution is 7.13. The van der Waals surface area contributed by atoms with E-state index in [1.165, 1.54) is 4.88 Å². The first-order valence-electron chi connectivity index (χ1n) is 6.23. The molecule has 0 radical (unpaired) electrons. The van der Waals surface area contributed by atoms with Gasteiger partial charge in [0, 0.05) is 32.3 Å². The van der Waals surface area contributed by atoms with Gasteiger partial charge in [-0.05, 0) is 11.4 Å². The molecule has 0 aliphatic carbocycles. The summed E-state index contributed by atoms with van der Waals surface area (Å²) in [5.41, 5.74) is 2.21. The number of aliphatic hydroxyl groups is 1. The number of thiophene rings is 1. The van der Waals surface area contributed by atoms with E-state index in [2.05, 4.69) is 26.5 Å². The van der Waals surface area contributed by atoms with E-state index in [9.17, 15) is 0 Å². The molecule has 5 nitrogen and oxygen atoms in total. The first kappa shape index (κ1) is 14.2. The van der Waals surface area contributed by atoms with Gasteiger partial charge in [-0.3, -0.25) is 10.00 Å². The number of ether oxygens (including phenoxy) is 1. The fraction of sp³-hybridized carbons (Fsp3) is 0.462. The number of nitrogens with one attached hydrogen (secondary N) is 1. The Morgan fingerprint density at radius 2 is 2.37 bits per heavy atom. The molecule has 0 aromatic carbocycles. The molecular formula is C13H19N3O2S. The molecule has 0 fully saturated rings. The maximum Gasteiger partial charge on any atom is 0.0794 e. The van der Waals surface area contributed by atoms with Crippen molar-refractivity contribution in [2.75, 3.05) is 33.4 Å². The average molecular weight is 281 g/mol. The van der Waals surface area contributed by atoms with Crippen molar-refractivity contribution in [3.63, 3.8) is 0 Å². The molecule has 0 amide bonds. The van der Waals surface area contributed by atoms with Crippen LogP contribution in [-0.4, -0.2) is 53.6 Å². The monoisotopic (exact) mass is 281 g/mol. The van der Waals surface area contributed by atoms with Gasteiger partial charge in [0.2, 0.25) is 0 Å². The van der Waals surface area contributed by atoms with Crippen LogP contribution in [0.3, 0.4) is 0 Å². The molecular weight excluding hydrogens is 262 g/mol. The number of H-pyrrole nitrogens is 1. The van der Waals surface area contributed by atoms with E-state index in [-0.39, 0.29) is 6.61 Å². The smallest absolute Gasteiger partial charge is 0.0794 e. The molecule has 0 saturated heterocycles. The summed E-state index contributed by atoms with van der Waals surface area (Å²) in [6.07, 6.45) is 1.85. The van der Waals surface area contributed by atoms with Crippen molar-refractivity contribution in [1.29, 1.82) is 0 Å². The van der Waals surface area contributed by atoms with Gasteiger partial charge in [0.15, 0.2) is 0 Å². The zero-order valence-corrected chi connectivity index (χ0v) is 11.8. The summed E-state index contributed by atoms with van der Waals surface area (Å²) in [5.74, 6) is 0. The van der Waals surface area contributed by atoms with Crippen LogP contribution in [0.1, 0.15) is 5.56 Å². The summed E-state index contributed by atoms with van der Waals surface area (Å²) in [7, 11) is 1.69. The van der Waals surface area contributed by atoms with Gasteiger partial charge in [0.05, 0.1) is 30.0 Å². The van der Waals surface area contributed by atoms with Gasteiger partial charge in [0.25, 0.3) is 0 Å². The van der Waals surface area contributed by atoms with Crippen molar-refractivity contribution >= 4 is 11.3 Å². The fourth-order valence-corrected chi connectivity index (χ4v) is 2.69. The number of hydrogen-bond acceptors (Lipinski definition) is 5. The lowest BCUT2D eigenvalue weighted by Crippen LogP contribution is -2.29. The molecule has 2 N–H and O–H groups in total. The molecule has 19 heavy (non-hydrogen) atoms. The summed E-state index contributed by atoms with van der Waals surface area (Å²) in [6, 6.07) is 4.11.